The summed E-state index contributed by atoms with van der Waals surface area (Å²) < 4.78 is 1.32. The SMILES string of the molecule is Cn1nc([N+](=O)[O-])c2c(C3C(=O)Nc4ccccc43)ncnc21. The van der Waals surface area contributed by atoms with E-state index in [-0.39, 0.29) is 22.8 Å². The van der Waals surface area contributed by atoms with Crippen molar-refractivity contribution in [2.75, 3.05) is 5.32 Å². The lowest BCUT2D eigenvalue weighted by molar-refractivity contribution is -0.388. The third-order valence-electron chi connectivity index (χ3n) is 3.87. The van der Waals surface area contributed by atoms with Crippen molar-refractivity contribution in [2.24, 2.45) is 7.05 Å². The molecule has 0 saturated heterocycles. The molecule has 0 radical (unpaired) electrons. The van der Waals surface area contributed by atoms with Gasteiger partial charge in [0.15, 0.2) is 5.65 Å². The van der Waals surface area contributed by atoms with E-state index in [0.29, 0.717) is 11.3 Å². The third kappa shape index (κ3) is 1.79. The number of aromatic nitrogens is 4. The van der Waals surface area contributed by atoms with Crippen LogP contribution in [0.3, 0.4) is 0 Å². The van der Waals surface area contributed by atoms with E-state index in [2.05, 4.69) is 20.4 Å². The van der Waals surface area contributed by atoms with E-state index in [1.165, 1.54) is 11.0 Å². The lowest BCUT2D eigenvalue weighted by Crippen LogP contribution is -2.15. The number of rotatable bonds is 2. The number of carbonyl (C=O) groups excluding carboxylic acids is 1. The average molecular weight is 310 g/mol. The van der Waals surface area contributed by atoms with E-state index in [0.717, 1.165) is 5.56 Å². The molecule has 1 aliphatic rings. The highest BCUT2D eigenvalue weighted by Crippen LogP contribution is 2.40. The molecule has 9 nitrogen and oxygen atoms in total. The largest absolute Gasteiger partial charge is 0.401 e. The summed E-state index contributed by atoms with van der Waals surface area (Å²) in [6, 6.07) is 7.20. The Kier molecular flexibility index (Phi) is 2.64. The van der Waals surface area contributed by atoms with E-state index < -0.39 is 10.8 Å². The van der Waals surface area contributed by atoms with Crippen molar-refractivity contribution in [3.8, 4) is 0 Å². The summed E-state index contributed by atoms with van der Waals surface area (Å²) in [5, 5.41) is 18.1. The zero-order valence-corrected chi connectivity index (χ0v) is 11.9. The molecule has 1 aliphatic heterocycles. The van der Waals surface area contributed by atoms with Gasteiger partial charge >= 0.3 is 5.82 Å². The van der Waals surface area contributed by atoms with Crippen LogP contribution in [0, 0.1) is 10.1 Å². The van der Waals surface area contributed by atoms with Crippen molar-refractivity contribution in [1.29, 1.82) is 0 Å². The average Bonchev–Trinajstić information content (AvgIpc) is 3.04. The summed E-state index contributed by atoms with van der Waals surface area (Å²) in [5.41, 5.74) is 2.02. The molecule has 9 heteroatoms. The zero-order chi connectivity index (χ0) is 16.1. The van der Waals surface area contributed by atoms with Gasteiger partial charge in [0.25, 0.3) is 0 Å². The van der Waals surface area contributed by atoms with Crippen LogP contribution in [0.5, 0.6) is 0 Å². The Bertz CT molecular complexity index is 980. The van der Waals surface area contributed by atoms with Crippen molar-refractivity contribution < 1.29 is 9.72 Å². The van der Waals surface area contributed by atoms with Crippen LogP contribution in [0.15, 0.2) is 30.6 Å². The summed E-state index contributed by atoms with van der Waals surface area (Å²) in [7, 11) is 1.56. The highest BCUT2D eigenvalue weighted by molar-refractivity contribution is 6.07. The smallest absolute Gasteiger partial charge is 0.358 e. The Morgan fingerprint density at radius 3 is 2.87 bits per heavy atom. The molecule has 4 rings (SSSR count). The van der Waals surface area contributed by atoms with Crippen molar-refractivity contribution >= 4 is 28.4 Å². The van der Waals surface area contributed by atoms with E-state index in [1.807, 2.05) is 12.1 Å². The van der Waals surface area contributed by atoms with Gasteiger partial charge in [-0.3, -0.25) is 4.79 Å². The van der Waals surface area contributed by atoms with Gasteiger partial charge in [-0.2, -0.15) is 4.68 Å². The number of aryl methyl sites for hydroxylation is 1. The second kappa shape index (κ2) is 4.57. The molecule has 3 heterocycles. The number of hydrogen-bond acceptors (Lipinski definition) is 6. The molecule has 114 valence electrons. The van der Waals surface area contributed by atoms with Crippen LogP contribution in [-0.2, 0) is 11.8 Å². The van der Waals surface area contributed by atoms with E-state index in [9.17, 15) is 14.9 Å². The van der Waals surface area contributed by atoms with Crippen molar-refractivity contribution in [2.45, 2.75) is 5.92 Å². The predicted octanol–water partition coefficient (Wildman–Crippen LogP) is 1.36. The number of carbonyl (C=O) groups is 1. The van der Waals surface area contributed by atoms with Gasteiger partial charge in [-0.1, -0.05) is 18.2 Å². The molecule has 1 aromatic carbocycles. The number of anilines is 1. The second-order valence-electron chi connectivity index (χ2n) is 5.17. The van der Waals surface area contributed by atoms with Crippen LogP contribution in [0.1, 0.15) is 17.2 Å². The molecule has 1 N–H and O–H groups in total. The minimum absolute atomic E-state index is 0.192. The van der Waals surface area contributed by atoms with Gasteiger partial charge in [0, 0.05) is 5.69 Å². The number of amides is 1. The summed E-state index contributed by atoms with van der Waals surface area (Å²) in [6.45, 7) is 0. The molecule has 1 atom stereocenters. The molecular weight excluding hydrogens is 300 g/mol. The number of para-hydroxylation sites is 1. The van der Waals surface area contributed by atoms with Crippen LogP contribution in [0.25, 0.3) is 11.0 Å². The van der Waals surface area contributed by atoms with E-state index >= 15 is 0 Å². The minimum Gasteiger partial charge on any atom is -0.358 e. The predicted molar refractivity (Wildman–Crippen MR) is 79.9 cm³/mol. The third-order valence-corrected chi connectivity index (χ3v) is 3.87. The Hall–Kier alpha value is -3.36. The highest BCUT2D eigenvalue weighted by Gasteiger charge is 2.37. The van der Waals surface area contributed by atoms with Gasteiger partial charge in [0.2, 0.25) is 5.91 Å². The van der Waals surface area contributed by atoms with Crippen molar-refractivity contribution in [3.63, 3.8) is 0 Å². The van der Waals surface area contributed by atoms with Gasteiger partial charge < -0.3 is 15.4 Å². The van der Waals surface area contributed by atoms with Crippen LogP contribution in [0.4, 0.5) is 11.5 Å². The van der Waals surface area contributed by atoms with Gasteiger partial charge in [0.1, 0.15) is 17.6 Å². The van der Waals surface area contributed by atoms with E-state index in [4.69, 9.17) is 0 Å². The maximum Gasteiger partial charge on any atom is 0.401 e. The monoisotopic (exact) mass is 310 g/mol. The molecule has 1 amide bonds. The maximum absolute atomic E-state index is 12.4. The molecular formula is C14H10N6O3. The van der Waals surface area contributed by atoms with Crippen LogP contribution in [0.2, 0.25) is 0 Å². The summed E-state index contributed by atoms with van der Waals surface area (Å²) >= 11 is 0. The second-order valence-corrected chi connectivity index (χ2v) is 5.17. The quantitative estimate of drug-likeness (QED) is 0.564. The number of benzene rings is 1. The number of nitro groups is 1. The molecule has 0 bridgehead atoms. The fourth-order valence-electron chi connectivity index (χ4n) is 2.92. The van der Waals surface area contributed by atoms with Gasteiger partial charge in [-0.05, 0) is 16.6 Å². The number of nitrogens with zero attached hydrogens (tertiary/aromatic N) is 5. The molecule has 0 spiro atoms. The van der Waals surface area contributed by atoms with Gasteiger partial charge in [-0.15, -0.1) is 0 Å². The van der Waals surface area contributed by atoms with Gasteiger partial charge in [-0.25, -0.2) is 9.97 Å². The Morgan fingerprint density at radius 2 is 2.09 bits per heavy atom. The highest BCUT2D eigenvalue weighted by atomic mass is 16.6. The van der Waals surface area contributed by atoms with Crippen LogP contribution >= 0.6 is 0 Å². The first kappa shape index (κ1) is 13.3. The Labute approximate surface area is 129 Å². The molecule has 0 saturated carbocycles. The molecule has 2 aromatic heterocycles. The first-order valence-electron chi connectivity index (χ1n) is 6.79. The zero-order valence-electron chi connectivity index (χ0n) is 11.9. The summed E-state index contributed by atoms with van der Waals surface area (Å²) in [6.07, 6.45) is 1.29. The first-order valence-corrected chi connectivity index (χ1v) is 6.79. The number of fused-ring (bicyclic) bond motifs is 2. The van der Waals surface area contributed by atoms with Crippen molar-refractivity contribution in [3.05, 3.63) is 52.0 Å². The fourth-order valence-corrected chi connectivity index (χ4v) is 2.92. The van der Waals surface area contributed by atoms with Crippen LogP contribution < -0.4 is 5.32 Å². The van der Waals surface area contributed by atoms with E-state index in [1.54, 1.807) is 19.2 Å². The Morgan fingerprint density at radius 1 is 1.30 bits per heavy atom. The molecule has 1 unspecified atom stereocenters. The lowest BCUT2D eigenvalue weighted by Gasteiger charge is -2.08. The molecule has 23 heavy (non-hydrogen) atoms. The molecule has 0 fully saturated rings. The van der Waals surface area contributed by atoms with Crippen molar-refractivity contribution in [1.82, 2.24) is 19.7 Å². The van der Waals surface area contributed by atoms with Crippen LogP contribution in [-0.4, -0.2) is 30.6 Å². The molecule has 3 aromatic rings. The number of hydrogen-bond donors (Lipinski definition) is 1. The lowest BCUT2D eigenvalue weighted by atomic mass is 9.95. The number of nitrogens with one attached hydrogen (secondary N) is 1. The Balaban J connectivity index is 2.04. The van der Waals surface area contributed by atoms with Gasteiger partial charge in [0.05, 0.1) is 17.8 Å². The standard InChI is InChI=1S/C14H10N6O3/c1-19-12-10(13(18-19)20(22)23)11(15-6-16-12)9-7-4-2-3-5-8(7)17-14(9)21/h2-6,9H,1H3,(H,17,21). The normalized spacial score (nSPS) is 16.4. The summed E-state index contributed by atoms with van der Waals surface area (Å²) in [4.78, 5) is 31.3. The topological polar surface area (TPSA) is 116 Å². The fraction of sp³-hybridized carbons (Fsp3) is 0.143. The summed E-state index contributed by atoms with van der Waals surface area (Å²) in [5.74, 6) is -1.35. The molecule has 0 aliphatic carbocycles. The minimum atomic E-state index is -0.723. The maximum atomic E-state index is 12.4. The first-order chi connectivity index (χ1) is 11.1.